The minimum absolute atomic E-state index is 0.0964. The summed E-state index contributed by atoms with van der Waals surface area (Å²) in [6.45, 7) is 17.5. The Hall–Kier alpha value is -3.39. The number of nitrogens with zero attached hydrogens (tertiary/aromatic N) is 5. The molecule has 14 nitrogen and oxygen atoms in total. The fourth-order valence-electron chi connectivity index (χ4n) is 9.33. The van der Waals surface area contributed by atoms with Crippen molar-refractivity contribution in [1.29, 1.82) is 0 Å². The molecular formula is C51H74IN5O9. The third-order valence-corrected chi connectivity index (χ3v) is 14.3. The first kappa shape index (κ1) is 53.6. The van der Waals surface area contributed by atoms with Crippen LogP contribution in [0.25, 0.3) is 11.3 Å². The molecule has 4 N–H and O–H groups in total. The van der Waals surface area contributed by atoms with Crippen molar-refractivity contribution in [3.8, 4) is 11.3 Å². The highest BCUT2D eigenvalue weighted by atomic mass is 127. The maximum Gasteiger partial charge on any atom is 0.308 e. The number of halogens is 1. The quantitative estimate of drug-likeness (QED) is 0.106. The van der Waals surface area contributed by atoms with E-state index in [0.717, 1.165) is 31.5 Å². The molecular weight excluding hydrogens is 953 g/mol. The maximum absolute atomic E-state index is 14.0. The van der Waals surface area contributed by atoms with Gasteiger partial charge in [-0.05, 0) is 150 Å². The highest BCUT2D eigenvalue weighted by Crippen LogP contribution is 2.35. The van der Waals surface area contributed by atoms with E-state index in [4.69, 9.17) is 14.2 Å². The molecule has 5 rings (SSSR count). The van der Waals surface area contributed by atoms with E-state index < -0.39 is 78.6 Å². The van der Waals surface area contributed by atoms with Gasteiger partial charge >= 0.3 is 5.97 Å². The number of benzene rings is 2. The van der Waals surface area contributed by atoms with Crippen LogP contribution in [0.4, 0.5) is 0 Å². The Bertz CT molecular complexity index is 2110. The predicted molar refractivity (Wildman–Crippen MR) is 263 cm³/mol. The van der Waals surface area contributed by atoms with Crippen LogP contribution in [-0.2, 0) is 36.9 Å². The Balaban J connectivity index is 1.52. The number of aryl methyl sites for hydroxylation is 3. The summed E-state index contributed by atoms with van der Waals surface area (Å²) in [5, 5.41) is 54.2. The van der Waals surface area contributed by atoms with Crippen molar-refractivity contribution in [1.82, 2.24) is 24.8 Å². The lowest BCUT2D eigenvalue weighted by Crippen LogP contribution is -2.63. The second-order valence-corrected chi connectivity index (χ2v) is 20.3. The number of cyclic esters (lactones) is 1. The van der Waals surface area contributed by atoms with Crippen LogP contribution in [0.1, 0.15) is 82.6 Å². The van der Waals surface area contributed by atoms with Gasteiger partial charge in [-0.15, -0.1) is 5.10 Å². The second kappa shape index (κ2) is 24.8. The molecule has 364 valence electrons. The van der Waals surface area contributed by atoms with E-state index in [-0.39, 0.29) is 18.8 Å². The molecule has 15 heteroatoms. The Kier molecular flexibility index (Phi) is 20.1. The molecule has 0 aliphatic carbocycles. The molecule has 1 aromatic heterocycles. The van der Waals surface area contributed by atoms with Crippen molar-refractivity contribution in [3.05, 3.63) is 92.2 Å². The number of hydrogen-bond donors (Lipinski definition) is 4. The lowest BCUT2D eigenvalue weighted by atomic mass is 9.79. The molecule has 0 bridgehead atoms. The molecule has 0 saturated carbocycles. The molecule has 1 saturated heterocycles. The van der Waals surface area contributed by atoms with Crippen LogP contribution in [0.5, 0.6) is 0 Å². The van der Waals surface area contributed by atoms with Gasteiger partial charge in [0.05, 0.1) is 56.2 Å². The van der Waals surface area contributed by atoms with Gasteiger partial charge in [-0.1, -0.05) is 61.9 Å². The Labute approximate surface area is 405 Å². The third-order valence-electron chi connectivity index (χ3n) is 13.6. The van der Waals surface area contributed by atoms with E-state index in [1.54, 1.807) is 38.1 Å². The highest BCUT2D eigenvalue weighted by molar-refractivity contribution is 14.1. The zero-order valence-electron chi connectivity index (χ0n) is 40.5. The topological polar surface area (TPSA) is 180 Å². The number of hydrogen-bond acceptors (Lipinski definition) is 13. The number of aliphatic hydroxyl groups is 4. The highest BCUT2D eigenvalue weighted by Gasteiger charge is 2.47. The first-order valence-electron chi connectivity index (χ1n) is 23.5. The normalized spacial score (nSPS) is 30.9. The van der Waals surface area contributed by atoms with Crippen LogP contribution < -0.4 is 0 Å². The molecule has 0 amide bonds. The summed E-state index contributed by atoms with van der Waals surface area (Å²) in [5.41, 5.74) is 7.28. The second-order valence-electron chi connectivity index (χ2n) is 19.0. The number of likely N-dealkylation sites (N-methyl/N-ethyl adjacent to an activating group) is 1. The van der Waals surface area contributed by atoms with Gasteiger partial charge in [-0.3, -0.25) is 19.2 Å². The van der Waals surface area contributed by atoms with Crippen molar-refractivity contribution < 1.29 is 44.2 Å². The fraction of sp³-hybridized carbons (Fsp3) is 0.608. The molecule has 1 fully saturated rings. The van der Waals surface area contributed by atoms with Crippen molar-refractivity contribution in [2.75, 3.05) is 33.8 Å². The van der Waals surface area contributed by atoms with Crippen molar-refractivity contribution in [2.45, 2.75) is 143 Å². The number of carbonyl (C=O) groups excluding carboxylic acids is 2. The summed E-state index contributed by atoms with van der Waals surface area (Å²) in [6, 6.07) is 12.0. The summed E-state index contributed by atoms with van der Waals surface area (Å²) in [5.74, 6) is -2.82. The van der Waals surface area contributed by atoms with E-state index in [9.17, 15) is 30.0 Å². The smallest absolute Gasteiger partial charge is 0.308 e. The standard InChI is InChI=1S/C51H74IN5O9/c1-11-45-39(29-58)22-30(2)12-17-43(59)34(6)24-38(50(35(7)44(60)26-46(61)65-45)66-51-49(63)47(55(9)10)48(62)36(8)64-51)18-19-56(27-37-13-15-40(52)16-14-37)20-21-57-28-42(53-54-57)41-25-32(4)31(3)23-33(41)5/h12-17,22-23,25,28,34-36,38-39,44-45,47-51,58,60,62-63H,11,18-21,24,26-27,29H2,1-10H3/b17-12+,30-22+/t34-,35+,36-,38+,39-,44-,45-,47?,48?,49?,50-,51+/m1/s1. The number of carbonyl (C=O) groups is 2. The largest absolute Gasteiger partial charge is 0.462 e. The SMILES string of the molecule is CC[C@H]1OC(=O)C[C@@H](O)[C@H](C)[C@@H](O[C@@H]2O[C@H](C)C(O)C(N(C)C)C2O)[C@@H](CCN(CCn2cc(-c3cc(C)c(C)cc3C)nn2)Cc2ccc(I)cc2)C[C@@H](C)C(=O)/C=C/C(C)=C/[C@@H]1CO. The lowest BCUT2D eigenvalue weighted by Gasteiger charge is -2.46. The van der Waals surface area contributed by atoms with Crippen LogP contribution in [0.2, 0.25) is 0 Å². The van der Waals surface area contributed by atoms with Crippen LogP contribution in [0.3, 0.4) is 0 Å². The molecule has 0 spiro atoms. The van der Waals surface area contributed by atoms with Gasteiger partial charge in [0.15, 0.2) is 12.1 Å². The zero-order chi connectivity index (χ0) is 48.4. The maximum atomic E-state index is 14.0. The van der Waals surface area contributed by atoms with Gasteiger partial charge in [0.25, 0.3) is 0 Å². The first-order chi connectivity index (χ1) is 31.3. The molecule has 12 atom stereocenters. The van der Waals surface area contributed by atoms with Crippen LogP contribution in [0, 0.1) is 48.0 Å². The van der Waals surface area contributed by atoms with Gasteiger partial charge in [0, 0.05) is 40.0 Å². The number of esters is 1. The molecule has 3 unspecified atom stereocenters. The number of allylic oxidation sites excluding steroid dienone is 3. The molecule has 3 aromatic rings. The predicted octanol–water partition coefficient (Wildman–Crippen LogP) is 6.19. The number of aromatic nitrogens is 3. The number of ether oxygens (including phenoxy) is 3. The van der Waals surface area contributed by atoms with E-state index in [1.807, 2.05) is 44.6 Å². The van der Waals surface area contributed by atoms with E-state index >= 15 is 0 Å². The first-order valence-corrected chi connectivity index (χ1v) is 24.5. The van der Waals surface area contributed by atoms with Gasteiger partial charge < -0.3 is 39.5 Å². The lowest BCUT2D eigenvalue weighted by molar-refractivity contribution is -0.304. The fourth-order valence-corrected chi connectivity index (χ4v) is 9.69. The Morgan fingerprint density at radius 3 is 2.30 bits per heavy atom. The van der Waals surface area contributed by atoms with Gasteiger partial charge in [0.1, 0.15) is 17.9 Å². The monoisotopic (exact) mass is 1030 g/mol. The van der Waals surface area contributed by atoms with E-state index in [1.165, 1.54) is 11.1 Å². The number of rotatable bonds is 14. The van der Waals surface area contributed by atoms with Gasteiger partial charge in [-0.25, -0.2) is 0 Å². The average Bonchev–Trinajstić information content (AvgIpc) is 3.75. The van der Waals surface area contributed by atoms with Crippen molar-refractivity contribution in [2.24, 2.45) is 23.7 Å². The molecule has 0 radical (unpaired) electrons. The van der Waals surface area contributed by atoms with Crippen LogP contribution in [0.15, 0.2) is 66.4 Å². The van der Waals surface area contributed by atoms with E-state index in [2.05, 4.69) is 95.0 Å². The summed E-state index contributed by atoms with van der Waals surface area (Å²) in [6.07, 6.45) is 1.14. The third kappa shape index (κ3) is 14.3. The minimum atomic E-state index is -1.27. The molecule has 2 aliphatic rings. The summed E-state index contributed by atoms with van der Waals surface area (Å²) < 4.78 is 22.0. The number of aliphatic hydroxyl groups excluding tert-OH is 4. The van der Waals surface area contributed by atoms with Crippen LogP contribution in [-0.4, -0.2) is 140 Å². The zero-order valence-corrected chi connectivity index (χ0v) is 42.7. The van der Waals surface area contributed by atoms with Crippen molar-refractivity contribution >= 4 is 34.3 Å². The van der Waals surface area contributed by atoms with Gasteiger partial charge in [-0.2, -0.15) is 0 Å². The summed E-state index contributed by atoms with van der Waals surface area (Å²) in [7, 11) is 3.55. The summed E-state index contributed by atoms with van der Waals surface area (Å²) in [4.78, 5) is 31.7. The number of ketones is 1. The molecule has 2 aliphatic heterocycles. The van der Waals surface area contributed by atoms with Crippen molar-refractivity contribution in [3.63, 3.8) is 0 Å². The Morgan fingerprint density at radius 1 is 0.939 bits per heavy atom. The molecule has 66 heavy (non-hydrogen) atoms. The van der Waals surface area contributed by atoms with E-state index in [0.29, 0.717) is 45.4 Å². The van der Waals surface area contributed by atoms with Gasteiger partial charge in [0.2, 0.25) is 0 Å². The summed E-state index contributed by atoms with van der Waals surface area (Å²) >= 11 is 2.30. The van der Waals surface area contributed by atoms with Crippen LogP contribution >= 0.6 is 22.6 Å². The minimum Gasteiger partial charge on any atom is -0.462 e. The average molecular weight is 1030 g/mol. The molecule has 3 heterocycles. The molecule has 2 aromatic carbocycles. The Morgan fingerprint density at radius 2 is 1.64 bits per heavy atom.